The third-order valence-corrected chi connectivity index (χ3v) is 3.61. The van der Waals surface area contributed by atoms with Crippen LogP contribution in [0.2, 0.25) is 5.02 Å². The monoisotopic (exact) mass is 265 g/mol. The molecule has 1 fully saturated rings. The number of nitrogens with one attached hydrogen (secondary N) is 1. The standard InChI is InChI=1S/C15H20ClNO/c1-11(2)10-18-14-7-3-6-13(15(14)16)12-5-4-8-17-9-12/h3,6-7,12,17H,1,4-5,8-10H2,2H3. The molecule has 1 N–H and O–H groups in total. The Morgan fingerprint density at radius 1 is 1.56 bits per heavy atom. The van der Waals surface area contributed by atoms with Gasteiger partial charge in [0.15, 0.2) is 0 Å². The van der Waals surface area contributed by atoms with E-state index in [9.17, 15) is 0 Å². The molecule has 0 aromatic heterocycles. The molecule has 0 spiro atoms. The van der Waals surface area contributed by atoms with Crippen molar-refractivity contribution in [2.45, 2.75) is 25.7 Å². The van der Waals surface area contributed by atoms with E-state index in [0.717, 1.165) is 29.4 Å². The molecule has 2 nitrogen and oxygen atoms in total. The topological polar surface area (TPSA) is 21.3 Å². The SMILES string of the molecule is C=C(C)COc1cccc(C2CCCNC2)c1Cl. The zero-order valence-corrected chi connectivity index (χ0v) is 11.6. The minimum absolute atomic E-state index is 0.500. The quantitative estimate of drug-likeness (QED) is 0.837. The Hall–Kier alpha value is -0.990. The molecule has 3 heteroatoms. The highest BCUT2D eigenvalue weighted by Crippen LogP contribution is 2.35. The zero-order chi connectivity index (χ0) is 13.0. The predicted molar refractivity (Wildman–Crippen MR) is 76.6 cm³/mol. The Morgan fingerprint density at radius 2 is 2.39 bits per heavy atom. The summed E-state index contributed by atoms with van der Waals surface area (Å²) in [6, 6.07) is 6.04. The molecule has 1 heterocycles. The number of hydrogen-bond donors (Lipinski definition) is 1. The molecule has 18 heavy (non-hydrogen) atoms. The highest BCUT2D eigenvalue weighted by atomic mass is 35.5. The summed E-state index contributed by atoms with van der Waals surface area (Å²) in [6.45, 7) is 8.42. The van der Waals surface area contributed by atoms with Crippen LogP contribution in [0.3, 0.4) is 0 Å². The lowest BCUT2D eigenvalue weighted by molar-refractivity contribution is 0.351. The Balaban J connectivity index is 2.15. The summed E-state index contributed by atoms with van der Waals surface area (Å²) in [7, 11) is 0. The van der Waals surface area contributed by atoms with Gasteiger partial charge in [-0.1, -0.05) is 30.3 Å². The first kappa shape index (κ1) is 13.4. The number of benzene rings is 1. The Bertz CT molecular complexity index is 425. The molecule has 1 saturated heterocycles. The van der Waals surface area contributed by atoms with Crippen molar-refractivity contribution in [1.29, 1.82) is 0 Å². The predicted octanol–water partition coefficient (Wildman–Crippen LogP) is 3.76. The highest BCUT2D eigenvalue weighted by Gasteiger charge is 2.19. The van der Waals surface area contributed by atoms with E-state index in [2.05, 4.69) is 18.0 Å². The molecule has 0 bridgehead atoms. The molecule has 1 unspecified atom stereocenters. The minimum atomic E-state index is 0.500. The van der Waals surface area contributed by atoms with Gasteiger partial charge in [-0.3, -0.25) is 0 Å². The van der Waals surface area contributed by atoms with Gasteiger partial charge in [0.2, 0.25) is 0 Å². The largest absolute Gasteiger partial charge is 0.488 e. The van der Waals surface area contributed by atoms with E-state index >= 15 is 0 Å². The Labute approximate surface area is 114 Å². The van der Waals surface area contributed by atoms with E-state index in [4.69, 9.17) is 16.3 Å². The van der Waals surface area contributed by atoms with Gasteiger partial charge in [-0.2, -0.15) is 0 Å². The molecule has 1 atom stereocenters. The van der Waals surface area contributed by atoms with Crippen molar-refractivity contribution in [3.05, 3.63) is 40.9 Å². The summed E-state index contributed by atoms with van der Waals surface area (Å²) in [4.78, 5) is 0. The summed E-state index contributed by atoms with van der Waals surface area (Å²) >= 11 is 6.44. The summed E-state index contributed by atoms with van der Waals surface area (Å²) in [5, 5.41) is 4.17. The van der Waals surface area contributed by atoms with Crippen molar-refractivity contribution in [2.75, 3.05) is 19.7 Å². The molecule has 0 radical (unpaired) electrons. The van der Waals surface area contributed by atoms with Crippen LogP contribution in [-0.2, 0) is 0 Å². The van der Waals surface area contributed by atoms with Gasteiger partial charge in [0.25, 0.3) is 0 Å². The van der Waals surface area contributed by atoms with Crippen LogP contribution in [0.5, 0.6) is 5.75 Å². The molecule has 1 aliphatic heterocycles. The first-order valence-electron chi connectivity index (χ1n) is 6.45. The lowest BCUT2D eigenvalue weighted by Crippen LogP contribution is -2.28. The number of ether oxygens (including phenoxy) is 1. The average molecular weight is 266 g/mol. The van der Waals surface area contributed by atoms with E-state index in [1.54, 1.807) is 0 Å². The molecule has 1 aliphatic rings. The van der Waals surface area contributed by atoms with Crippen molar-refractivity contribution in [2.24, 2.45) is 0 Å². The lowest BCUT2D eigenvalue weighted by Gasteiger charge is -2.24. The molecule has 1 aromatic rings. The minimum Gasteiger partial charge on any atom is -0.488 e. The lowest BCUT2D eigenvalue weighted by atomic mass is 9.91. The second-order valence-electron chi connectivity index (χ2n) is 4.95. The van der Waals surface area contributed by atoms with Crippen LogP contribution in [0.1, 0.15) is 31.2 Å². The maximum Gasteiger partial charge on any atom is 0.138 e. The van der Waals surface area contributed by atoms with Crippen LogP contribution in [0.15, 0.2) is 30.4 Å². The van der Waals surface area contributed by atoms with Gasteiger partial charge in [-0.05, 0) is 49.4 Å². The molecule has 2 rings (SSSR count). The van der Waals surface area contributed by atoms with E-state index in [1.165, 1.54) is 18.4 Å². The van der Waals surface area contributed by atoms with Crippen molar-refractivity contribution < 1.29 is 4.74 Å². The van der Waals surface area contributed by atoms with Crippen molar-refractivity contribution in [3.63, 3.8) is 0 Å². The average Bonchev–Trinajstić information content (AvgIpc) is 2.38. The number of halogens is 1. The molecule has 1 aromatic carbocycles. The van der Waals surface area contributed by atoms with Gasteiger partial charge in [0.05, 0.1) is 5.02 Å². The third-order valence-electron chi connectivity index (χ3n) is 3.20. The Morgan fingerprint density at radius 3 is 3.06 bits per heavy atom. The van der Waals surface area contributed by atoms with Crippen LogP contribution in [0, 0.1) is 0 Å². The van der Waals surface area contributed by atoms with Gasteiger partial charge in [0.1, 0.15) is 12.4 Å². The molecule has 0 amide bonds. The van der Waals surface area contributed by atoms with E-state index < -0.39 is 0 Å². The van der Waals surface area contributed by atoms with Gasteiger partial charge in [-0.15, -0.1) is 0 Å². The smallest absolute Gasteiger partial charge is 0.138 e. The van der Waals surface area contributed by atoms with Crippen LogP contribution in [-0.4, -0.2) is 19.7 Å². The third kappa shape index (κ3) is 3.27. The molecular formula is C15H20ClNO. The summed E-state index contributed by atoms with van der Waals surface area (Å²) in [5.41, 5.74) is 2.19. The summed E-state index contributed by atoms with van der Waals surface area (Å²) in [6.07, 6.45) is 2.40. The van der Waals surface area contributed by atoms with Crippen LogP contribution in [0.4, 0.5) is 0 Å². The van der Waals surface area contributed by atoms with Crippen molar-refractivity contribution in [1.82, 2.24) is 5.32 Å². The van der Waals surface area contributed by atoms with Crippen molar-refractivity contribution in [3.8, 4) is 5.75 Å². The van der Waals surface area contributed by atoms with Gasteiger partial charge in [-0.25, -0.2) is 0 Å². The highest BCUT2D eigenvalue weighted by molar-refractivity contribution is 6.32. The summed E-state index contributed by atoms with van der Waals surface area (Å²) < 4.78 is 5.68. The fraction of sp³-hybridized carbons (Fsp3) is 0.467. The first-order chi connectivity index (χ1) is 8.68. The Kier molecular flexibility index (Phi) is 4.67. The molecule has 0 aliphatic carbocycles. The number of rotatable bonds is 4. The maximum atomic E-state index is 6.44. The van der Waals surface area contributed by atoms with E-state index in [-0.39, 0.29) is 0 Å². The maximum absolute atomic E-state index is 6.44. The first-order valence-corrected chi connectivity index (χ1v) is 6.82. The fourth-order valence-corrected chi connectivity index (χ4v) is 2.61. The second kappa shape index (κ2) is 6.26. The van der Waals surface area contributed by atoms with Gasteiger partial charge >= 0.3 is 0 Å². The molecular weight excluding hydrogens is 246 g/mol. The van der Waals surface area contributed by atoms with E-state index in [0.29, 0.717) is 12.5 Å². The van der Waals surface area contributed by atoms with Crippen LogP contribution < -0.4 is 10.1 Å². The molecule has 0 saturated carbocycles. The number of piperidine rings is 1. The van der Waals surface area contributed by atoms with Crippen LogP contribution in [0.25, 0.3) is 0 Å². The zero-order valence-electron chi connectivity index (χ0n) is 10.8. The van der Waals surface area contributed by atoms with Gasteiger partial charge in [0, 0.05) is 6.54 Å². The fourth-order valence-electron chi connectivity index (χ4n) is 2.27. The normalized spacial score (nSPS) is 19.6. The molecule has 98 valence electrons. The van der Waals surface area contributed by atoms with Crippen LogP contribution >= 0.6 is 11.6 Å². The van der Waals surface area contributed by atoms with E-state index in [1.807, 2.05) is 19.1 Å². The van der Waals surface area contributed by atoms with Gasteiger partial charge < -0.3 is 10.1 Å². The second-order valence-corrected chi connectivity index (χ2v) is 5.33. The number of hydrogen-bond acceptors (Lipinski definition) is 2. The summed E-state index contributed by atoms with van der Waals surface area (Å²) in [5.74, 6) is 1.27. The van der Waals surface area contributed by atoms with Crippen molar-refractivity contribution >= 4 is 11.6 Å².